The summed E-state index contributed by atoms with van der Waals surface area (Å²) in [5, 5.41) is 6.01. The van der Waals surface area contributed by atoms with Gasteiger partial charge in [0.1, 0.15) is 17.7 Å². The van der Waals surface area contributed by atoms with Crippen LogP contribution in [0.4, 0.5) is 4.39 Å². The molecule has 2 aromatic rings. The van der Waals surface area contributed by atoms with Crippen molar-refractivity contribution in [1.82, 2.24) is 15.4 Å². The second-order valence-corrected chi connectivity index (χ2v) is 8.32. The molecule has 10 heteroatoms. The molecule has 0 aliphatic rings. The molecule has 0 amide bonds. The summed E-state index contributed by atoms with van der Waals surface area (Å²) in [6.45, 7) is 2.70. The Morgan fingerprint density at radius 1 is 1.13 bits per heavy atom. The smallest absolute Gasteiger partial charge is 0.213 e. The van der Waals surface area contributed by atoms with Gasteiger partial charge in [-0.05, 0) is 24.6 Å². The molecule has 166 valence electrons. The number of ether oxygens (including phenoxy) is 1. The van der Waals surface area contributed by atoms with Gasteiger partial charge < -0.3 is 15.4 Å². The monoisotopic (exact) mass is 550 g/mol. The van der Waals surface area contributed by atoms with Crippen molar-refractivity contribution < 1.29 is 17.5 Å². The van der Waals surface area contributed by atoms with E-state index in [9.17, 15) is 12.8 Å². The Labute approximate surface area is 194 Å². The number of hydrogen-bond donors (Lipinski definition) is 3. The van der Waals surface area contributed by atoms with Gasteiger partial charge in [-0.1, -0.05) is 36.4 Å². The summed E-state index contributed by atoms with van der Waals surface area (Å²) in [5.74, 6) is 0.452. The number of aliphatic imine (C=N–C) groups is 1. The summed E-state index contributed by atoms with van der Waals surface area (Å²) in [6, 6.07) is 15.3. The van der Waals surface area contributed by atoms with Gasteiger partial charge in [0.15, 0.2) is 5.96 Å². The first kappa shape index (κ1) is 26.1. The fraction of sp³-hybridized carbons (Fsp3) is 0.350. The molecule has 0 aromatic heterocycles. The third-order valence-electron chi connectivity index (χ3n) is 3.92. The fourth-order valence-corrected chi connectivity index (χ4v) is 3.34. The van der Waals surface area contributed by atoms with Crippen molar-refractivity contribution in [2.24, 2.45) is 4.99 Å². The molecule has 0 aliphatic carbocycles. The van der Waals surface area contributed by atoms with Crippen LogP contribution in [0.3, 0.4) is 0 Å². The topological polar surface area (TPSA) is 91.8 Å². The maximum atomic E-state index is 13.2. The molecule has 30 heavy (non-hydrogen) atoms. The summed E-state index contributed by atoms with van der Waals surface area (Å²) in [5.41, 5.74) is 0.897. The van der Waals surface area contributed by atoms with E-state index < -0.39 is 10.0 Å². The molecule has 3 N–H and O–H groups in total. The Morgan fingerprint density at radius 2 is 1.87 bits per heavy atom. The molecule has 0 heterocycles. The SMILES string of the molecule is CN=C(NCCS(=O)(=O)NCc1ccccc1)NCC(C)Oc1cccc(F)c1.I. The summed E-state index contributed by atoms with van der Waals surface area (Å²) in [4.78, 5) is 4.06. The number of benzene rings is 2. The van der Waals surface area contributed by atoms with Crippen LogP contribution in [0.2, 0.25) is 0 Å². The molecular weight excluding hydrogens is 522 g/mol. The van der Waals surface area contributed by atoms with Crippen LogP contribution >= 0.6 is 24.0 Å². The molecule has 2 rings (SSSR count). The highest BCUT2D eigenvalue weighted by atomic mass is 127. The minimum atomic E-state index is -3.42. The first-order valence-electron chi connectivity index (χ1n) is 9.26. The third-order valence-corrected chi connectivity index (χ3v) is 5.24. The van der Waals surface area contributed by atoms with E-state index in [1.165, 1.54) is 12.1 Å². The van der Waals surface area contributed by atoms with Gasteiger partial charge >= 0.3 is 0 Å². The fourth-order valence-electron chi connectivity index (χ4n) is 2.44. The summed E-state index contributed by atoms with van der Waals surface area (Å²) >= 11 is 0. The lowest BCUT2D eigenvalue weighted by atomic mass is 10.2. The lowest BCUT2D eigenvalue weighted by molar-refractivity contribution is 0.223. The lowest BCUT2D eigenvalue weighted by Crippen LogP contribution is -2.44. The first-order valence-corrected chi connectivity index (χ1v) is 10.9. The molecule has 1 unspecified atom stereocenters. The van der Waals surface area contributed by atoms with E-state index in [4.69, 9.17) is 4.74 Å². The molecule has 0 fully saturated rings. The number of nitrogens with one attached hydrogen (secondary N) is 3. The Balaban J connectivity index is 0.00000450. The second kappa shape index (κ2) is 13.4. The largest absolute Gasteiger partial charge is 0.489 e. The maximum absolute atomic E-state index is 13.2. The Morgan fingerprint density at radius 3 is 2.53 bits per heavy atom. The first-order chi connectivity index (χ1) is 13.9. The van der Waals surface area contributed by atoms with Crippen molar-refractivity contribution in [1.29, 1.82) is 0 Å². The lowest BCUT2D eigenvalue weighted by Gasteiger charge is -2.18. The number of guanidine groups is 1. The molecule has 0 radical (unpaired) electrons. The van der Waals surface area contributed by atoms with Crippen LogP contribution in [0.25, 0.3) is 0 Å². The Hall–Kier alpha value is -1.92. The van der Waals surface area contributed by atoms with Gasteiger partial charge in [-0.25, -0.2) is 17.5 Å². The highest BCUT2D eigenvalue weighted by molar-refractivity contribution is 14.0. The molecule has 7 nitrogen and oxygen atoms in total. The van der Waals surface area contributed by atoms with Gasteiger partial charge in [0.2, 0.25) is 10.0 Å². The number of nitrogens with zero attached hydrogens (tertiary/aromatic N) is 1. The summed E-state index contributed by atoms with van der Waals surface area (Å²) < 4.78 is 45.6. The summed E-state index contributed by atoms with van der Waals surface area (Å²) in [7, 11) is -1.82. The summed E-state index contributed by atoms with van der Waals surface area (Å²) in [6.07, 6.45) is -0.244. The van der Waals surface area contributed by atoms with E-state index in [1.54, 1.807) is 19.2 Å². The van der Waals surface area contributed by atoms with Gasteiger partial charge in [-0.3, -0.25) is 4.99 Å². The average Bonchev–Trinajstić information content (AvgIpc) is 2.70. The molecule has 2 aromatic carbocycles. The Bertz CT molecular complexity index is 898. The van der Waals surface area contributed by atoms with Crippen molar-refractivity contribution in [3.05, 3.63) is 66.0 Å². The average molecular weight is 550 g/mol. The third kappa shape index (κ3) is 10.2. The second-order valence-electron chi connectivity index (χ2n) is 6.39. The van der Waals surface area contributed by atoms with Crippen LogP contribution in [0.5, 0.6) is 5.75 Å². The molecule has 0 saturated carbocycles. The van der Waals surface area contributed by atoms with Crippen LogP contribution in [0.15, 0.2) is 59.6 Å². The van der Waals surface area contributed by atoms with Crippen molar-refractivity contribution in [3.8, 4) is 5.75 Å². The molecule has 0 bridgehead atoms. The zero-order chi connectivity index (χ0) is 21.1. The van der Waals surface area contributed by atoms with Crippen LogP contribution < -0.4 is 20.1 Å². The highest BCUT2D eigenvalue weighted by Crippen LogP contribution is 2.13. The van der Waals surface area contributed by atoms with Crippen molar-refractivity contribution >= 4 is 40.0 Å². The number of halogens is 2. The van der Waals surface area contributed by atoms with E-state index in [1.807, 2.05) is 37.3 Å². The van der Waals surface area contributed by atoms with Crippen molar-refractivity contribution in [3.63, 3.8) is 0 Å². The zero-order valence-electron chi connectivity index (χ0n) is 17.0. The van der Waals surface area contributed by atoms with E-state index in [0.29, 0.717) is 18.3 Å². The van der Waals surface area contributed by atoms with Gasteiger partial charge in [0, 0.05) is 26.2 Å². The molecule has 0 saturated heterocycles. The van der Waals surface area contributed by atoms with Crippen molar-refractivity contribution in [2.75, 3.05) is 25.9 Å². The van der Waals surface area contributed by atoms with E-state index in [-0.39, 0.29) is 54.7 Å². The minimum Gasteiger partial charge on any atom is -0.489 e. The predicted octanol–water partition coefficient (Wildman–Crippen LogP) is 2.50. The van der Waals surface area contributed by atoms with E-state index >= 15 is 0 Å². The van der Waals surface area contributed by atoms with Crippen LogP contribution in [-0.2, 0) is 16.6 Å². The van der Waals surface area contributed by atoms with Crippen LogP contribution in [0, 0.1) is 5.82 Å². The Kier molecular flexibility index (Phi) is 11.7. The highest BCUT2D eigenvalue weighted by Gasteiger charge is 2.11. The van der Waals surface area contributed by atoms with Crippen molar-refractivity contribution in [2.45, 2.75) is 19.6 Å². The van der Waals surface area contributed by atoms with Gasteiger partial charge in [0.05, 0.1) is 12.3 Å². The normalized spacial score (nSPS) is 12.6. The molecule has 1 atom stereocenters. The number of hydrogen-bond acceptors (Lipinski definition) is 4. The number of rotatable bonds is 10. The number of sulfonamides is 1. The van der Waals surface area contributed by atoms with Gasteiger partial charge in [-0.2, -0.15) is 0 Å². The van der Waals surface area contributed by atoms with Gasteiger partial charge in [0.25, 0.3) is 0 Å². The van der Waals surface area contributed by atoms with Crippen LogP contribution in [0.1, 0.15) is 12.5 Å². The molecular formula is C20H28FIN4O3S. The predicted molar refractivity (Wildman–Crippen MR) is 128 cm³/mol. The maximum Gasteiger partial charge on any atom is 0.213 e. The van der Waals surface area contributed by atoms with Crippen LogP contribution in [-0.4, -0.2) is 46.4 Å². The minimum absolute atomic E-state index is 0. The molecule has 0 aliphatic heterocycles. The van der Waals surface area contributed by atoms with Gasteiger partial charge in [-0.15, -0.1) is 24.0 Å². The zero-order valence-corrected chi connectivity index (χ0v) is 20.1. The quantitative estimate of drug-likeness (QED) is 0.240. The van der Waals surface area contributed by atoms with E-state index in [2.05, 4.69) is 20.3 Å². The van der Waals surface area contributed by atoms with E-state index in [0.717, 1.165) is 5.56 Å². The standard InChI is InChI=1S/C20H27FN4O3S.HI/c1-16(28-19-10-6-9-18(21)13-19)14-24-20(22-2)23-11-12-29(26,27)25-15-17-7-4-3-5-8-17;/h3-10,13,16,25H,11-12,14-15H2,1-2H3,(H2,22,23,24);1H. The molecule has 0 spiro atoms.